The SMILES string of the molecule is C/C(=C\C(=O)C[C@H]1CCc2cccc3c2N(C1=O)[C@H](C(=O)N[C@H](CCCOCCCN)CCC(N)=O)C3)c1ccc(C(F)(F)P(=O)(OCOC(=O)C(C)(C)C)OCOC(=O)C(C)(C)C)cc1. The average Bonchev–Trinajstić information content (AvgIpc) is 3.58. The summed E-state index contributed by atoms with van der Waals surface area (Å²) in [5.41, 5.74) is 6.88. The number of ether oxygens (including phenoxy) is 3. The summed E-state index contributed by atoms with van der Waals surface area (Å²) in [6.45, 7) is 9.89. The largest absolute Gasteiger partial charge is 0.438 e. The maximum atomic E-state index is 16.1. The number of primary amides is 1. The molecule has 2 heterocycles. The Morgan fingerprint density at radius 3 is 2.06 bits per heavy atom. The highest BCUT2D eigenvalue weighted by Crippen LogP contribution is 2.67. The van der Waals surface area contributed by atoms with Crippen LogP contribution < -0.4 is 21.7 Å². The average molecular weight is 947 g/mol. The van der Waals surface area contributed by atoms with Gasteiger partial charge in [-0.25, -0.2) is 0 Å². The number of anilines is 1. The first kappa shape index (κ1) is 53.7. The third kappa shape index (κ3) is 14.3. The predicted octanol–water partition coefficient (Wildman–Crippen LogP) is 6.83. The Morgan fingerprint density at radius 1 is 0.894 bits per heavy atom. The van der Waals surface area contributed by atoms with Crippen molar-refractivity contribution < 1.29 is 65.4 Å². The third-order valence-corrected chi connectivity index (χ3v) is 13.0. The summed E-state index contributed by atoms with van der Waals surface area (Å²) in [6, 6.07) is 8.86. The van der Waals surface area contributed by atoms with E-state index in [1.165, 1.54) is 64.7 Å². The van der Waals surface area contributed by atoms with Gasteiger partial charge in [-0.15, -0.1) is 0 Å². The fraction of sp³-hybridized carbons (Fsp3) is 0.574. The highest BCUT2D eigenvalue weighted by atomic mass is 31.2. The standard InChI is InChI=1S/C47H65F2N4O12P/c1-30(31-16-18-35(19-17-31)47(48,49)66(60,64-28-62-43(58)45(2,3)4)65-29-63-44(59)46(5,6)7)25-37(54)26-34-15-14-32-11-8-12-33-27-38(53(40(32)33)42(34)57)41(56)52-36(20-21-39(51)55)13-9-23-61-24-10-22-50/h8,11-12,16-19,25,34,36,38H,9-10,13-15,20-24,26-29,50H2,1-7H3,(H2,51,55)(H,52,56)/b30-25+/t34-,36-,38+/m1/s1. The molecule has 2 aromatic carbocycles. The molecule has 364 valence electrons. The van der Waals surface area contributed by atoms with Gasteiger partial charge in [0, 0.05) is 50.0 Å². The lowest BCUT2D eigenvalue weighted by Gasteiger charge is -2.29. The minimum atomic E-state index is -5.56. The van der Waals surface area contributed by atoms with Crippen molar-refractivity contribution in [2.45, 2.75) is 124 Å². The molecule has 2 aliphatic rings. The first-order chi connectivity index (χ1) is 30.9. The topological polar surface area (TPSA) is 233 Å². The number of para-hydroxylation sites is 1. The Hall–Kier alpha value is -4.87. The van der Waals surface area contributed by atoms with Gasteiger partial charge in [-0.05, 0) is 122 Å². The molecule has 0 spiro atoms. The van der Waals surface area contributed by atoms with Crippen molar-refractivity contribution in [2.24, 2.45) is 28.2 Å². The van der Waals surface area contributed by atoms with Gasteiger partial charge in [-0.2, -0.15) is 8.78 Å². The molecule has 5 N–H and O–H groups in total. The van der Waals surface area contributed by atoms with Crippen LogP contribution in [0.1, 0.15) is 116 Å². The summed E-state index contributed by atoms with van der Waals surface area (Å²) in [7, 11) is -5.56. The summed E-state index contributed by atoms with van der Waals surface area (Å²) in [5.74, 6) is -4.09. The molecule has 2 aromatic rings. The number of benzene rings is 2. The number of carbonyl (C=O) groups is 6. The van der Waals surface area contributed by atoms with E-state index in [4.69, 9.17) is 34.7 Å². The van der Waals surface area contributed by atoms with Crippen molar-refractivity contribution in [3.63, 3.8) is 0 Å². The zero-order valence-corrected chi connectivity index (χ0v) is 39.8. The van der Waals surface area contributed by atoms with E-state index < -0.39 is 84.9 Å². The normalized spacial score (nSPS) is 17.2. The molecule has 0 aliphatic carbocycles. The lowest BCUT2D eigenvalue weighted by molar-refractivity contribution is -0.163. The second-order valence-corrected chi connectivity index (χ2v) is 20.7. The second-order valence-electron chi connectivity index (χ2n) is 18.7. The number of rotatable bonds is 24. The Morgan fingerprint density at radius 2 is 1.48 bits per heavy atom. The number of hydrogen-bond donors (Lipinski definition) is 3. The van der Waals surface area contributed by atoms with E-state index in [9.17, 15) is 33.3 Å². The molecule has 0 bridgehead atoms. The lowest BCUT2D eigenvalue weighted by Crippen LogP contribution is -2.52. The molecule has 4 rings (SSSR count). The number of hydrogen-bond acceptors (Lipinski definition) is 13. The van der Waals surface area contributed by atoms with Crippen molar-refractivity contribution in [1.82, 2.24) is 5.32 Å². The predicted molar refractivity (Wildman–Crippen MR) is 242 cm³/mol. The Bertz CT molecular complexity index is 2120. The van der Waals surface area contributed by atoms with Gasteiger partial charge in [0.05, 0.1) is 16.5 Å². The zero-order valence-electron chi connectivity index (χ0n) is 39.0. The van der Waals surface area contributed by atoms with Crippen molar-refractivity contribution in [3.05, 3.63) is 70.8 Å². The van der Waals surface area contributed by atoms with Crippen molar-refractivity contribution in [2.75, 3.05) is 38.2 Å². The van der Waals surface area contributed by atoms with Crippen LogP contribution in [0.4, 0.5) is 14.5 Å². The van der Waals surface area contributed by atoms with Gasteiger partial charge in [-0.3, -0.25) is 47.3 Å². The number of nitrogens with two attached hydrogens (primary N) is 2. The highest BCUT2D eigenvalue weighted by Gasteiger charge is 2.56. The summed E-state index contributed by atoms with van der Waals surface area (Å²) in [5, 5.41) is 3.05. The van der Waals surface area contributed by atoms with Crippen LogP contribution in [0, 0.1) is 16.7 Å². The van der Waals surface area contributed by atoms with Crippen LogP contribution in [0.15, 0.2) is 48.5 Å². The van der Waals surface area contributed by atoms with Gasteiger partial charge in [0.25, 0.3) is 0 Å². The van der Waals surface area contributed by atoms with Crippen LogP contribution in [-0.2, 0) is 75.1 Å². The van der Waals surface area contributed by atoms with Crippen LogP contribution >= 0.6 is 7.60 Å². The van der Waals surface area contributed by atoms with Crippen LogP contribution in [0.5, 0.6) is 0 Å². The number of aryl methyl sites for hydroxylation is 1. The molecule has 0 fully saturated rings. The third-order valence-electron chi connectivity index (χ3n) is 11.1. The smallest absolute Gasteiger partial charge is 0.410 e. The van der Waals surface area contributed by atoms with E-state index in [0.717, 1.165) is 29.7 Å². The highest BCUT2D eigenvalue weighted by molar-refractivity contribution is 7.54. The van der Waals surface area contributed by atoms with Gasteiger partial charge in [-0.1, -0.05) is 42.5 Å². The molecule has 19 heteroatoms. The number of amides is 3. The summed E-state index contributed by atoms with van der Waals surface area (Å²) >= 11 is 0. The first-order valence-corrected chi connectivity index (χ1v) is 23.7. The Balaban J connectivity index is 1.49. The molecular weight excluding hydrogens is 882 g/mol. The van der Waals surface area contributed by atoms with Crippen LogP contribution in [0.2, 0.25) is 0 Å². The fourth-order valence-electron chi connectivity index (χ4n) is 7.36. The number of allylic oxidation sites excluding steroid dienone is 2. The molecule has 0 unspecified atom stereocenters. The molecule has 0 radical (unpaired) electrons. The number of nitrogens with zero attached hydrogens (tertiary/aromatic N) is 1. The maximum absolute atomic E-state index is 16.1. The van der Waals surface area contributed by atoms with Gasteiger partial charge >= 0.3 is 25.2 Å². The van der Waals surface area contributed by atoms with E-state index in [2.05, 4.69) is 5.32 Å². The molecule has 66 heavy (non-hydrogen) atoms. The van der Waals surface area contributed by atoms with Crippen molar-refractivity contribution in [1.29, 1.82) is 0 Å². The molecule has 3 atom stereocenters. The second kappa shape index (κ2) is 23.2. The van der Waals surface area contributed by atoms with Gasteiger partial charge < -0.3 is 31.0 Å². The summed E-state index contributed by atoms with van der Waals surface area (Å²) < 4.78 is 71.3. The van der Waals surface area contributed by atoms with Crippen molar-refractivity contribution >= 4 is 54.3 Å². The monoisotopic (exact) mass is 946 g/mol. The number of esters is 2. The summed E-state index contributed by atoms with van der Waals surface area (Å²) in [6.07, 6.45) is 4.43. The van der Waals surface area contributed by atoms with Crippen molar-refractivity contribution in [3.8, 4) is 0 Å². The first-order valence-electron chi connectivity index (χ1n) is 22.1. The van der Waals surface area contributed by atoms with E-state index in [1.54, 1.807) is 6.92 Å². The van der Waals surface area contributed by atoms with Gasteiger partial charge in [0.15, 0.2) is 5.78 Å². The van der Waals surface area contributed by atoms with Gasteiger partial charge in [0.2, 0.25) is 31.3 Å². The minimum Gasteiger partial charge on any atom is -0.438 e. The zero-order chi connectivity index (χ0) is 49.0. The van der Waals surface area contributed by atoms with E-state index >= 15 is 8.78 Å². The quantitative estimate of drug-likeness (QED) is 0.0322. The Kier molecular flexibility index (Phi) is 18.9. The van der Waals surface area contributed by atoms with Gasteiger partial charge in [0.1, 0.15) is 6.04 Å². The fourth-order valence-corrected chi connectivity index (χ4v) is 8.61. The number of carbonyl (C=O) groups excluding carboxylic acids is 6. The maximum Gasteiger partial charge on any atom is 0.410 e. The molecular formula is C47H65F2N4O12P. The van der Waals surface area contributed by atoms with Crippen LogP contribution in [0.3, 0.4) is 0 Å². The number of alkyl halides is 2. The molecule has 0 aromatic heterocycles. The number of nitrogens with one attached hydrogen (secondary N) is 1. The minimum absolute atomic E-state index is 0.0617. The van der Waals surface area contributed by atoms with E-state index in [0.29, 0.717) is 68.7 Å². The van der Waals surface area contributed by atoms with Crippen LogP contribution in [-0.4, -0.2) is 80.9 Å². The lowest BCUT2D eigenvalue weighted by atomic mass is 9.92. The summed E-state index contributed by atoms with van der Waals surface area (Å²) in [4.78, 5) is 79.8. The molecule has 16 nitrogen and oxygen atoms in total. The molecule has 2 aliphatic heterocycles. The molecule has 0 saturated carbocycles. The molecule has 0 saturated heterocycles. The van der Waals surface area contributed by atoms with E-state index in [1.807, 2.05) is 18.2 Å². The molecule has 3 amide bonds. The van der Waals surface area contributed by atoms with E-state index in [-0.39, 0.29) is 31.1 Å². The Labute approximate surface area is 385 Å². The number of halogens is 2. The van der Waals surface area contributed by atoms with Crippen LogP contribution in [0.25, 0.3) is 5.57 Å². The number of ketones is 1.